The molecule has 0 amide bonds. The van der Waals surface area contributed by atoms with Gasteiger partial charge in [0.25, 0.3) is 0 Å². The van der Waals surface area contributed by atoms with E-state index in [1.54, 1.807) is 6.92 Å². The normalized spacial score (nSPS) is 11.6. The molecule has 0 saturated carbocycles. The first-order valence-corrected chi connectivity index (χ1v) is 3.89. The highest BCUT2D eigenvalue weighted by atomic mass is 16.5. The molecule has 0 aromatic rings. The van der Waals surface area contributed by atoms with Crippen LogP contribution in [-0.2, 0) is 9.53 Å². The summed E-state index contributed by atoms with van der Waals surface area (Å²) in [6, 6.07) is -0.492. The Hall–Kier alpha value is -0.850. The maximum atomic E-state index is 11.1. The lowest BCUT2D eigenvalue weighted by molar-refractivity contribution is -0.121. The van der Waals surface area contributed by atoms with Gasteiger partial charge in [-0.2, -0.15) is 0 Å². The Labute approximate surface area is 73.3 Å². The van der Waals surface area contributed by atoms with E-state index in [0.717, 1.165) is 0 Å². The Morgan fingerprint density at radius 3 is 2.83 bits per heavy atom. The van der Waals surface area contributed by atoms with Gasteiger partial charge in [0.05, 0.1) is 12.6 Å². The van der Waals surface area contributed by atoms with Gasteiger partial charge in [-0.1, -0.05) is 0 Å². The van der Waals surface area contributed by atoms with Crippen LogP contribution in [0.3, 0.4) is 0 Å². The fraction of sp³-hybridized carbons (Fsp3) is 0.667. The van der Waals surface area contributed by atoms with E-state index in [9.17, 15) is 4.79 Å². The fourth-order valence-corrected chi connectivity index (χ4v) is 0.769. The molecule has 0 radical (unpaired) electrons. The molecule has 3 heteroatoms. The van der Waals surface area contributed by atoms with Crippen molar-refractivity contribution < 1.29 is 9.53 Å². The Morgan fingerprint density at radius 2 is 2.33 bits per heavy atom. The molecule has 0 saturated heterocycles. The van der Waals surface area contributed by atoms with Crippen molar-refractivity contribution in [2.24, 2.45) is 5.73 Å². The van der Waals surface area contributed by atoms with Crippen molar-refractivity contribution in [2.45, 2.75) is 25.8 Å². The molecule has 1 unspecified atom stereocenters. The highest BCUT2D eigenvalue weighted by Crippen LogP contribution is 1.93. The van der Waals surface area contributed by atoms with E-state index >= 15 is 0 Å². The number of ketones is 1. The van der Waals surface area contributed by atoms with Gasteiger partial charge < -0.3 is 10.5 Å². The van der Waals surface area contributed by atoms with Gasteiger partial charge in [-0.25, -0.2) is 0 Å². The lowest BCUT2D eigenvalue weighted by atomic mass is 10.1. The van der Waals surface area contributed by atoms with Crippen LogP contribution in [-0.4, -0.2) is 25.5 Å². The maximum Gasteiger partial charge on any atom is 0.152 e. The van der Waals surface area contributed by atoms with E-state index in [-0.39, 0.29) is 5.78 Å². The largest absolute Gasteiger partial charge is 0.383 e. The van der Waals surface area contributed by atoms with Gasteiger partial charge in [-0.15, -0.1) is 11.8 Å². The molecule has 12 heavy (non-hydrogen) atoms. The monoisotopic (exact) mass is 169 g/mol. The maximum absolute atomic E-state index is 11.1. The third-order valence-electron chi connectivity index (χ3n) is 1.43. The summed E-state index contributed by atoms with van der Waals surface area (Å²) in [7, 11) is 1.53. The van der Waals surface area contributed by atoms with Crippen molar-refractivity contribution in [3.63, 3.8) is 0 Å². The van der Waals surface area contributed by atoms with Crippen molar-refractivity contribution in [3.8, 4) is 11.8 Å². The van der Waals surface area contributed by atoms with Crippen molar-refractivity contribution in [3.05, 3.63) is 0 Å². The summed E-state index contributed by atoms with van der Waals surface area (Å²) >= 11 is 0. The molecule has 0 heterocycles. The van der Waals surface area contributed by atoms with Gasteiger partial charge in [-0.05, 0) is 6.92 Å². The summed E-state index contributed by atoms with van der Waals surface area (Å²) in [6.07, 6.45) is 1.01. The number of rotatable bonds is 5. The Morgan fingerprint density at radius 1 is 1.67 bits per heavy atom. The van der Waals surface area contributed by atoms with Gasteiger partial charge in [0, 0.05) is 20.0 Å². The molecule has 3 nitrogen and oxygen atoms in total. The van der Waals surface area contributed by atoms with E-state index in [1.165, 1.54) is 7.11 Å². The zero-order valence-electron chi connectivity index (χ0n) is 7.59. The second-order valence-corrected chi connectivity index (χ2v) is 2.45. The zero-order chi connectivity index (χ0) is 9.40. The number of Topliss-reactive ketones (excluding diaryl/α,β-unsaturated/α-hetero) is 1. The summed E-state index contributed by atoms with van der Waals surface area (Å²) in [4.78, 5) is 11.1. The topological polar surface area (TPSA) is 52.3 Å². The number of carbonyl (C=O) groups excluding carboxylic acids is 1. The Kier molecular flexibility index (Phi) is 6.35. The van der Waals surface area contributed by atoms with Crippen molar-refractivity contribution in [1.82, 2.24) is 0 Å². The van der Waals surface area contributed by atoms with Crippen LogP contribution in [0.2, 0.25) is 0 Å². The number of ether oxygens (including phenoxy) is 1. The van der Waals surface area contributed by atoms with Crippen molar-refractivity contribution in [2.75, 3.05) is 13.7 Å². The lowest BCUT2D eigenvalue weighted by Gasteiger charge is -2.06. The number of carbonyl (C=O) groups is 1. The minimum atomic E-state index is -0.492. The van der Waals surface area contributed by atoms with Crippen molar-refractivity contribution in [1.29, 1.82) is 0 Å². The third kappa shape index (κ3) is 4.89. The van der Waals surface area contributed by atoms with Crippen LogP contribution in [0.5, 0.6) is 0 Å². The van der Waals surface area contributed by atoms with Crippen LogP contribution >= 0.6 is 0 Å². The summed E-state index contributed by atoms with van der Waals surface area (Å²) in [5.74, 6) is 5.54. The summed E-state index contributed by atoms with van der Waals surface area (Å²) in [6.45, 7) is 2.04. The third-order valence-corrected chi connectivity index (χ3v) is 1.43. The standard InChI is InChI=1S/C9H15NO2/c1-3-4-5-6-9(11)8(10)7-12-2/h8H,5-7,10H2,1-2H3. The molecule has 0 aliphatic carbocycles. The Balaban J connectivity index is 3.61. The van der Waals surface area contributed by atoms with Gasteiger partial charge in [0.2, 0.25) is 0 Å². The number of methoxy groups -OCH3 is 1. The first kappa shape index (κ1) is 11.2. The molecule has 0 aromatic carbocycles. The average molecular weight is 169 g/mol. The lowest BCUT2D eigenvalue weighted by Crippen LogP contribution is -2.34. The number of hydrogen-bond acceptors (Lipinski definition) is 3. The van der Waals surface area contributed by atoms with E-state index in [1.807, 2.05) is 0 Å². The van der Waals surface area contributed by atoms with Gasteiger partial charge in [0.15, 0.2) is 5.78 Å². The molecule has 68 valence electrons. The van der Waals surface area contributed by atoms with Crippen LogP contribution in [0.15, 0.2) is 0 Å². The summed E-state index contributed by atoms with van der Waals surface area (Å²) in [5.41, 5.74) is 5.49. The summed E-state index contributed by atoms with van der Waals surface area (Å²) in [5, 5.41) is 0. The molecule has 0 aromatic heterocycles. The number of nitrogens with two attached hydrogens (primary N) is 1. The van der Waals surface area contributed by atoms with E-state index < -0.39 is 6.04 Å². The fourth-order valence-electron chi connectivity index (χ4n) is 0.769. The summed E-state index contributed by atoms with van der Waals surface area (Å²) < 4.78 is 4.75. The van der Waals surface area contributed by atoms with Crippen LogP contribution in [0, 0.1) is 11.8 Å². The van der Waals surface area contributed by atoms with Gasteiger partial charge in [-0.3, -0.25) is 4.79 Å². The quantitative estimate of drug-likeness (QED) is 0.603. The highest BCUT2D eigenvalue weighted by Gasteiger charge is 2.11. The second-order valence-electron chi connectivity index (χ2n) is 2.45. The van der Waals surface area contributed by atoms with E-state index in [2.05, 4.69) is 11.8 Å². The average Bonchev–Trinajstić information content (AvgIpc) is 2.05. The van der Waals surface area contributed by atoms with Crippen LogP contribution in [0.1, 0.15) is 19.8 Å². The van der Waals surface area contributed by atoms with Crippen LogP contribution in [0.4, 0.5) is 0 Å². The van der Waals surface area contributed by atoms with Crippen molar-refractivity contribution >= 4 is 5.78 Å². The van der Waals surface area contributed by atoms with Crippen LogP contribution in [0.25, 0.3) is 0 Å². The van der Waals surface area contributed by atoms with Gasteiger partial charge >= 0.3 is 0 Å². The molecule has 0 fully saturated rings. The molecule has 0 rings (SSSR count). The molecule has 0 aliphatic heterocycles. The first-order valence-electron chi connectivity index (χ1n) is 3.89. The predicted octanol–water partition coefficient (Wildman–Crippen LogP) is 0.333. The molecule has 1 atom stereocenters. The molecule has 2 N–H and O–H groups in total. The van der Waals surface area contributed by atoms with E-state index in [0.29, 0.717) is 19.4 Å². The van der Waals surface area contributed by atoms with Gasteiger partial charge in [0.1, 0.15) is 0 Å². The first-order chi connectivity index (χ1) is 5.72. The molecular formula is C9H15NO2. The van der Waals surface area contributed by atoms with E-state index in [4.69, 9.17) is 10.5 Å². The highest BCUT2D eigenvalue weighted by molar-refractivity contribution is 5.84. The van der Waals surface area contributed by atoms with Crippen LogP contribution < -0.4 is 5.73 Å². The minimum Gasteiger partial charge on any atom is -0.383 e. The predicted molar refractivity (Wildman–Crippen MR) is 47.5 cm³/mol. The smallest absolute Gasteiger partial charge is 0.152 e. The minimum absolute atomic E-state index is 0.0135. The Bertz CT molecular complexity index is 190. The molecular weight excluding hydrogens is 154 g/mol. The molecule has 0 bridgehead atoms. The SMILES string of the molecule is CC#CCCC(=O)C(N)COC. The molecule has 0 aliphatic rings. The second kappa shape index (κ2) is 6.84. The molecule has 0 spiro atoms. The number of hydrogen-bond donors (Lipinski definition) is 1. The zero-order valence-corrected chi connectivity index (χ0v) is 7.59.